The predicted octanol–water partition coefficient (Wildman–Crippen LogP) is 5.55. The van der Waals surface area contributed by atoms with Crippen LogP contribution in [0.5, 0.6) is 0 Å². The maximum atomic E-state index is 11.8. The Hall–Kier alpha value is 0.388. The van der Waals surface area contributed by atoms with E-state index in [0.29, 0.717) is 59.8 Å². The van der Waals surface area contributed by atoms with Crippen LogP contribution < -0.4 is 0 Å². The SMILES string of the molecule is O=S(=O)(OCCC[Se]CCC[Se]Cc1ccccc1)OCCC[Se]CCC[Se]Cc1ccccc1. The number of benzene rings is 2. The predicted molar refractivity (Wildman–Crippen MR) is 151 cm³/mol. The Morgan fingerprint density at radius 1 is 0.514 bits per heavy atom. The molecule has 196 valence electrons. The molecule has 9 heteroatoms. The third kappa shape index (κ3) is 18.3. The Labute approximate surface area is 238 Å². The molecular formula is C26H38O4SSe4. The molecule has 2 aromatic rings. The van der Waals surface area contributed by atoms with Gasteiger partial charge in [0.05, 0.1) is 0 Å². The molecular weight excluding hydrogens is 724 g/mol. The first-order valence-electron chi connectivity index (χ1n) is 12.1. The molecule has 0 aliphatic carbocycles. The quantitative estimate of drug-likeness (QED) is 0.117. The first kappa shape index (κ1) is 31.6. The molecule has 0 aliphatic heterocycles. The average molecular weight is 762 g/mol. The molecule has 0 N–H and O–H groups in total. The second-order valence-electron chi connectivity index (χ2n) is 7.77. The second-order valence-corrected chi connectivity index (χ2v) is 18.8. The van der Waals surface area contributed by atoms with Crippen LogP contribution in [-0.4, -0.2) is 81.5 Å². The molecule has 4 nitrogen and oxygen atoms in total. The Kier molecular flexibility index (Phi) is 19.3. The van der Waals surface area contributed by atoms with E-state index in [9.17, 15) is 8.42 Å². The first-order chi connectivity index (χ1) is 17.2. The average Bonchev–Trinajstić information content (AvgIpc) is 2.87. The molecule has 0 fully saturated rings. The first-order valence-corrected chi connectivity index (χ1v) is 23.1. The van der Waals surface area contributed by atoms with E-state index in [1.54, 1.807) is 0 Å². The van der Waals surface area contributed by atoms with Crippen molar-refractivity contribution in [1.29, 1.82) is 0 Å². The van der Waals surface area contributed by atoms with Gasteiger partial charge in [0.15, 0.2) is 0 Å². The molecule has 0 saturated carbocycles. The van der Waals surface area contributed by atoms with E-state index in [1.165, 1.54) is 55.9 Å². The van der Waals surface area contributed by atoms with E-state index in [-0.39, 0.29) is 13.2 Å². The van der Waals surface area contributed by atoms with Crippen LogP contribution >= 0.6 is 0 Å². The molecule has 0 atom stereocenters. The van der Waals surface area contributed by atoms with Gasteiger partial charge >= 0.3 is 240 Å². The van der Waals surface area contributed by atoms with Gasteiger partial charge in [-0.2, -0.15) is 0 Å². The van der Waals surface area contributed by atoms with Gasteiger partial charge in [0.1, 0.15) is 0 Å². The maximum absolute atomic E-state index is 11.8. The van der Waals surface area contributed by atoms with E-state index >= 15 is 0 Å². The van der Waals surface area contributed by atoms with E-state index in [0.717, 1.165) is 23.5 Å². The van der Waals surface area contributed by atoms with Crippen LogP contribution in [-0.2, 0) is 29.4 Å². The van der Waals surface area contributed by atoms with Crippen molar-refractivity contribution in [2.45, 2.75) is 68.2 Å². The van der Waals surface area contributed by atoms with Gasteiger partial charge in [-0.1, -0.05) is 0 Å². The minimum atomic E-state index is -3.82. The fourth-order valence-electron chi connectivity index (χ4n) is 2.94. The van der Waals surface area contributed by atoms with Crippen LogP contribution in [0, 0.1) is 0 Å². The van der Waals surface area contributed by atoms with Crippen molar-refractivity contribution >= 4 is 70.2 Å². The monoisotopic (exact) mass is 766 g/mol. The summed E-state index contributed by atoms with van der Waals surface area (Å²) in [6, 6.07) is 21.4. The summed E-state index contributed by atoms with van der Waals surface area (Å²) in [5, 5.41) is 9.82. The van der Waals surface area contributed by atoms with Crippen LogP contribution in [0.1, 0.15) is 36.8 Å². The normalized spacial score (nSPS) is 11.7. The van der Waals surface area contributed by atoms with Crippen LogP contribution in [0.2, 0.25) is 31.9 Å². The summed E-state index contributed by atoms with van der Waals surface area (Å²) in [7, 11) is -3.82. The van der Waals surface area contributed by atoms with Crippen molar-refractivity contribution in [3.63, 3.8) is 0 Å². The van der Waals surface area contributed by atoms with Gasteiger partial charge in [-0.05, 0) is 0 Å². The van der Waals surface area contributed by atoms with Crippen molar-refractivity contribution in [2.75, 3.05) is 13.2 Å². The Balaban J connectivity index is 1.31. The zero-order valence-electron chi connectivity index (χ0n) is 20.3. The molecule has 0 aliphatic rings. The van der Waals surface area contributed by atoms with Crippen LogP contribution in [0.4, 0.5) is 0 Å². The summed E-state index contributed by atoms with van der Waals surface area (Å²) in [6.45, 7) is 0.493. The summed E-state index contributed by atoms with van der Waals surface area (Å²) >= 11 is 2.55. The Morgan fingerprint density at radius 2 is 0.886 bits per heavy atom. The van der Waals surface area contributed by atoms with Crippen molar-refractivity contribution in [2.24, 2.45) is 0 Å². The molecule has 0 radical (unpaired) electrons. The summed E-state index contributed by atoms with van der Waals surface area (Å²) in [5.74, 6) is 0. The minimum absolute atomic E-state index is 0.247. The Morgan fingerprint density at radius 3 is 1.31 bits per heavy atom. The van der Waals surface area contributed by atoms with Gasteiger partial charge in [0, 0.05) is 0 Å². The van der Waals surface area contributed by atoms with Gasteiger partial charge in [0.2, 0.25) is 0 Å². The van der Waals surface area contributed by atoms with Crippen molar-refractivity contribution < 1.29 is 16.8 Å². The van der Waals surface area contributed by atoms with Gasteiger partial charge in [-0.15, -0.1) is 0 Å². The van der Waals surface area contributed by atoms with Crippen LogP contribution in [0.15, 0.2) is 60.7 Å². The molecule has 0 aromatic heterocycles. The Bertz CT molecular complexity index is 789. The topological polar surface area (TPSA) is 52.6 Å². The molecule has 0 spiro atoms. The van der Waals surface area contributed by atoms with E-state index < -0.39 is 10.4 Å². The molecule has 0 unspecified atom stereocenters. The van der Waals surface area contributed by atoms with Crippen molar-refractivity contribution in [3.05, 3.63) is 71.8 Å². The molecule has 0 saturated heterocycles. The standard InChI is InChI=1S/C26H38O4SSe4/c27-31(28,29-15-7-17-32-19-9-21-34-23-25-11-3-1-4-12-25)30-16-8-18-33-20-10-22-35-24-26-13-5-2-6-14-26/h1-6,11-14H,7-10,15-24H2. The van der Waals surface area contributed by atoms with Gasteiger partial charge in [-0.3, -0.25) is 0 Å². The van der Waals surface area contributed by atoms with Crippen molar-refractivity contribution in [1.82, 2.24) is 0 Å². The number of hydrogen-bond acceptors (Lipinski definition) is 4. The van der Waals surface area contributed by atoms with Crippen LogP contribution in [0.25, 0.3) is 0 Å². The van der Waals surface area contributed by atoms with E-state index in [2.05, 4.69) is 60.7 Å². The zero-order valence-corrected chi connectivity index (χ0v) is 28.0. The molecule has 35 heavy (non-hydrogen) atoms. The molecule has 2 aromatic carbocycles. The van der Waals surface area contributed by atoms with Gasteiger partial charge in [0.25, 0.3) is 0 Å². The van der Waals surface area contributed by atoms with E-state index in [4.69, 9.17) is 8.37 Å². The van der Waals surface area contributed by atoms with Crippen LogP contribution in [0.3, 0.4) is 0 Å². The summed E-state index contributed by atoms with van der Waals surface area (Å²) in [5.41, 5.74) is 2.90. The molecule has 0 amide bonds. The van der Waals surface area contributed by atoms with Crippen molar-refractivity contribution in [3.8, 4) is 0 Å². The zero-order chi connectivity index (χ0) is 24.9. The third-order valence-electron chi connectivity index (χ3n) is 4.70. The van der Waals surface area contributed by atoms with E-state index in [1.807, 2.05) is 0 Å². The molecule has 0 bridgehead atoms. The third-order valence-corrected chi connectivity index (χ3v) is 15.1. The summed E-state index contributed by atoms with van der Waals surface area (Å²) in [4.78, 5) is 0. The van der Waals surface area contributed by atoms with Gasteiger partial charge < -0.3 is 0 Å². The fraction of sp³-hybridized carbons (Fsp3) is 0.538. The second kappa shape index (κ2) is 21.3. The molecule has 0 heterocycles. The summed E-state index contributed by atoms with van der Waals surface area (Å²) in [6.07, 6.45) is 4.19. The number of rotatable bonds is 22. The summed E-state index contributed by atoms with van der Waals surface area (Å²) < 4.78 is 33.7. The number of hydrogen-bond donors (Lipinski definition) is 0. The van der Waals surface area contributed by atoms with Gasteiger partial charge in [-0.25, -0.2) is 0 Å². The fourth-order valence-corrected chi connectivity index (χ4v) is 13.0. The molecule has 2 rings (SSSR count).